The number of hydrogen-bond donors (Lipinski definition) is 0. The van der Waals surface area contributed by atoms with Crippen LogP contribution >= 0.6 is 0 Å². The molecule has 4 heteroatoms. The molecule has 0 fully saturated rings. The van der Waals surface area contributed by atoms with E-state index in [4.69, 9.17) is 9.47 Å². The SMILES string of the molecule is O=C(CCc1ccc(C(=O)OCc2ccccc2)cc1)OCc1ccccc1. The van der Waals surface area contributed by atoms with Crippen LogP contribution in [0.2, 0.25) is 0 Å². The largest absolute Gasteiger partial charge is 0.461 e. The van der Waals surface area contributed by atoms with Gasteiger partial charge in [-0.05, 0) is 35.2 Å². The Morgan fingerprint density at radius 2 is 1.14 bits per heavy atom. The molecule has 0 spiro atoms. The highest BCUT2D eigenvalue weighted by Crippen LogP contribution is 2.11. The molecule has 0 bridgehead atoms. The Labute approximate surface area is 164 Å². The lowest BCUT2D eigenvalue weighted by atomic mass is 10.1. The molecule has 0 saturated carbocycles. The first-order valence-electron chi connectivity index (χ1n) is 9.20. The summed E-state index contributed by atoms with van der Waals surface area (Å²) in [6.07, 6.45) is 0.859. The van der Waals surface area contributed by atoms with Crippen LogP contribution in [0.25, 0.3) is 0 Å². The van der Waals surface area contributed by atoms with Gasteiger partial charge in [-0.15, -0.1) is 0 Å². The van der Waals surface area contributed by atoms with Gasteiger partial charge in [-0.2, -0.15) is 0 Å². The summed E-state index contributed by atoms with van der Waals surface area (Å²) >= 11 is 0. The molecule has 0 N–H and O–H groups in total. The lowest BCUT2D eigenvalue weighted by molar-refractivity contribution is -0.144. The van der Waals surface area contributed by atoms with E-state index in [9.17, 15) is 9.59 Å². The zero-order chi connectivity index (χ0) is 19.6. The van der Waals surface area contributed by atoms with Gasteiger partial charge in [0.05, 0.1) is 5.56 Å². The van der Waals surface area contributed by atoms with Crippen LogP contribution < -0.4 is 0 Å². The van der Waals surface area contributed by atoms with Gasteiger partial charge in [0.2, 0.25) is 0 Å². The second-order valence-corrected chi connectivity index (χ2v) is 6.40. The van der Waals surface area contributed by atoms with E-state index in [1.807, 2.05) is 72.8 Å². The molecule has 0 unspecified atom stereocenters. The fourth-order valence-corrected chi connectivity index (χ4v) is 2.67. The molecule has 0 radical (unpaired) electrons. The minimum atomic E-state index is -0.363. The first-order valence-corrected chi connectivity index (χ1v) is 9.20. The Bertz CT molecular complexity index is 887. The van der Waals surface area contributed by atoms with Gasteiger partial charge in [-0.25, -0.2) is 4.79 Å². The third-order valence-electron chi connectivity index (χ3n) is 4.26. The first-order chi connectivity index (χ1) is 13.7. The number of rotatable bonds is 8. The number of aryl methyl sites for hydroxylation is 1. The first kappa shape index (κ1) is 19.4. The van der Waals surface area contributed by atoms with E-state index >= 15 is 0 Å². The maximum Gasteiger partial charge on any atom is 0.338 e. The van der Waals surface area contributed by atoms with Crippen LogP contribution in [0, 0.1) is 0 Å². The summed E-state index contributed by atoms with van der Waals surface area (Å²) in [5.74, 6) is -0.604. The van der Waals surface area contributed by atoms with Crippen LogP contribution in [0.5, 0.6) is 0 Å². The van der Waals surface area contributed by atoms with E-state index in [0.29, 0.717) is 18.4 Å². The number of hydrogen-bond acceptors (Lipinski definition) is 4. The molecule has 3 aromatic rings. The van der Waals surface area contributed by atoms with Crippen molar-refractivity contribution >= 4 is 11.9 Å². The summed E-state index contributed by atoms with van der Waals surface area (Å²) in [4.78, 5) is 24.0. The smallest absolute Gasteiger partial charge is 0.338 e. The van der Waals surface area contributed by atoms with Gasteiger partial charge >= 0.3 is 11.9 Å². The quantitative estimate of drug-likeness (QED) is 0.536. The molecular weight excluding hydrogens is 352 g/mol. The molecule has 0 aliphatic heterocycles. The lowest BCUT2D eigenvalue weighted by Crippen LogP contribution is -2.07. The predicted molar refractivity (Wildman–Crippen MR) is 107 cm³/mol. The van der Waals surface area contributed by atoms with Crippen molar-refractivity contribution in [2.75, 3.05) is 0 Å². The highest BCUT2D eigenvalue weighted by molar-refractivity contribution is 5.89. The molecule has 4 nitrogen and oxygen atoms in total. The Morgan fingerprint density at radius 3 is 1.71 bits per heavy atom. The summed E-state index contributed by atoms with van der Waals surface area (Å²) in [5.41, 5.74) is 3.37. The van der Waals surface area contributed by atoms with Crippen molar-refractivity contribution in [3.63, 3.8) is 0 Å². The average molecular weight is 374 g/mol. The maximum absolute atomic E-state index is 12.1. The van der Waals surface area contributed by atoms with E-state index < -0.39 is 0 Å². The standard InChI is InChI=1S/C24H22O4/c25-23(27-17-20-7-3-1-4-8-20)16-13-19-11-14-22(15-12-19)24(26)28-18-21-9-5-2-6-10-21/h1-12,14-15H,13,16-18H2. The summed E-state index contributed by atoms with van der Waals surface area (Å²) in [6.45, 7) is 0.528. The van der Waals surface area contributed by atoms with Gasteiger partial charge in [0.15, 0.2) is 0 Å². The van der Waals surface area contributed by atoms with Crippen molar-refractivity contribution in [3.8, 4) is 0 Å². The molecule has 0 aromatic heterocycles. The summed E-state index contributed by atoms with van der Waals surface area (Å²) in [7, 11) is 0. The van der Waals surface area contributed by atoms with Crippen LogP contribution in [0.3, 0.4) is 0 Å². The highest BCUT2D eigenvalue weighted by atomic mass is 16.5. The lowest BCUT2D eigenvalue weighted by Gasteiger charge is -2.07. The van der Waals surface area contributed by atoms with Gasteiger partial charge in [0, 0.05) is 6.42 Å². The molecule has 3 aromatic carbocycles. The third-order valence-corrected chi connectivity index (χ3v) is 4.26. The number of ether oxygens (including phenoxy) is 2. The zero-order valence-electron chi connectivity index (χ0n) is 15.5. The number of esters is 2. The Morgan fingerprint density at radius 1 is 0.607 bits per heavy atom. The van der Waals surface area contributed by atoms with E-state index in [0.717, 1.165) is 16.7 Å². The maximum atomic E-state index is 12.1. The van der Waals surface area contributed by atoms with Crippen molar-refractivity contribution in [3.05, 3.63) is 107 Å². The molecule has 0 amide bonds. The molecule has 3 rings (SSSR count). The topological polar surface area (TPSA) is 52.6 Å². The monoisotopic (exact) mass is 374 g/mol. The van der Waals surface area contributed by atoms with Crippen molar-refractivity contribution < 1.29 is 19.1 Å². The fourth-order valence-electron chi connectivity index (χ4n) is 2.67. The van der Waals surface area contributed by atoms with Gasteiger partial charge in [0.1, 0.15) is 13.2 Å². The highest BCUT2D eigenvalue weighted by Gasteiger charge is 2.09. The third kappa shape index (κ3) is 6.09. The molecule has 0 aliphatic rings. The van der Waals surface area contributed by atoms with E-state index in [1.165, 1.54) is 0 Å². The van der Waals surface area contributed by atoms with Crippen molar-refractivity contribution in [2.24, 2.45) is 0 Å². The van der Waals surface area contributed by atoms with E-state index in [1.54, 1.807) is 12.1 Å². The minimum Gasteiger partial charge on any atom is -0.461 e. The zero-order valence-corrected chi connectivity index (χ0v) is 15.5. The summed E-state index contributed by atoms with van der Waals surface area (Å²) in [5, 5.41) is 0. The molecular formula is C24H22O4. The summed E-state index contributed by atoms with van der Waals surface area (Å²) < 4.78 is 10.6. The van der Waals surface area contributed by atoms with Gasteiger partial charge in [-0.3, -0.25) is 4.79 Å². The van der Waals surface area contributed by atoms with Gasteiger partial charge < -0.3 is 9.47 Å². The number of carbonyl (C=O) groups is 2. The molecule has 0 saturated heterocycles. The Balaban J connectivity index is 1.42. The van der Waals surface area contributed by atoms with Crippen LogP contribution in [-0.2, 0) is 33.9 Å². The number of benzene rings is 3. The molecule has 28 heavy (non-hydrogen) atoms. The van der Waals surface area contributed by atoms with Crippen molar-refractivity contribution in [1.29, 1.82) is 0 Å². The van der Waals surface area contributed by atoms with Crippen molar-refractivity contribution in [2.45, 2.75) is 26.1 Å². The summed E-state index contributed by atoms with van der Waals surface area (Å²) in [6, 6.07) is 26.3. The van der Waals surface area contributed by atoms with Gasteiger partial charge in [-0.1, -0.05) is 72.8 Å². The number of carbonyl (C=O) groups excluding carboxylic acids is 2. The van der Waals surface area contributed by atoms with E-state index in [-0.39, 0.29) is 25.2 Å². The van der Waals surface area contributed by atoms with Crippen LogP contribution in [0.4, 0.5) is 0 Å². The average Bonchev–Trinajstić information content (AvgIpc) is 2.76. The molecule has 0 heterocycles. The van der Waals surface area contributed by atoms with E-state index in [2.05, 4.69) is 0 Å². The van der Waals surface area contributed by atoms with Crippen LogP contribution in [0.1, 0.15) is 33.5 Å². The van der Waals surface area contributed by atoms with Crippen LogP contribution in [-0.4, -0.2) is 11.9 Å². The van der Waals surface area contributed by atoms with Gasteiger partial charge in [0.25, 0.3) is 0 Å². The molecule has 0 atom stereocenters. The Kier molecular flexibility index (Phi) is 6.96. The minimum absolute atomic E-state index is 0.241. The molecule has 0 aliphatic carbocycles. The fraction of sp³-hybridized carbons (Fsp3) is 0.167. The Hall–Kier alpha value is -3.40. The normalized spacial score (nSPS) is 10.3. The second kappa shape index (κ2) is 10.1. The van der Waals surface area contributed by atoms with Crippen molar-refractivity contribution in [1.82, 2.24) is 0 Å². The molecule has 142 valence electrons. The predicted octanol–water partition coefficient (Wildman–Crippen LogP) is 4.72. The van der Waals surface area contributed by atoms with Crippen LogP contribution in [0.15, 0.2) is 84.9 Å². The second-order valence-electron chi connectivity index (χ2n) is 6.40.